The van der Waals surface area contributed by atoms with Crippen LogP contribution in [-0.2, 0) is 9.31 Å². The van der Waals surface area contributed by atoms with Gasteiger partial charge in [-0.05, 0) is 51.6 Å². The van der Waals surface area contributed by atoms with Crippen LogP contribution in [0.2, 0.25) is 0 Å². The molecule has 0 bridgehead atoms. The third-order valence-corrected chi connectivity index (χ3v) is 4.65. The van der Waals surface area contributed by atoms with Crippen LogP contribution in [-0.4, -0.2) is 24.0 Å². The molecule has 1 aromatic rings. The molecule has 110 valence electrons. The summed E-state index contributed by atoms with van der Waals surface area (Å²) in [6.07, 6.45) is 6.06. The molecule has 0 radical (unpaired) electrons. The van der Waals surface area contributed by atoms with Gasteiger partial charge in [-0.15, -0.1) is 0 Å². The Morgan fingerprint density at radius 3 is 2.14 bits per heavy atom. The van der Waals surface area contributed by atoms with Crippen molar-refractivity contribution in [3.8, 4) is 0 Å². The molecule has 0 amide bonds. The topological polar surface area (TPSA) is 30.8 Å². The lowest BCUT2D eigenvalue weighted by atomic mass is 9.78. The summed E-state index contributed by atoms with van der Waals surface area (Å²) in [5.74, 6) is 0. The summed E-state index contributed by atoms with van der Waals surface area (Å²) in [5.41, 5.74) is 2.80. The van der Waals surface area contributed by atoms with Crippen molar-refractivity contribution in [1.29, 1.82) is 0 Å². The van der Waals surface area contributed by atoms with Crippen LogP contribution in [0.5, 0.6) is 0 Å². The molecule has 0 spiro atoms. The molecule has 0 saturated carbocycles. The van der Waals surface area contributed by atoms with E-state index in [1.54, 1.807) is 0 Å². The van der Waals surface area contributed by atoms with Crippen molar-refractivity contribution in [2.45, 2.75) is 51.7 Å². The van der Waals surface area contributed by atoms with Gasteiger partial charge in [0.1, 0.15) is 0 Å². The quantitative estimate of drug-likeness (QED) is 0.781. The SMILES string of the molecule is CC1(C)OB(c2ccc(C3=NC=CCC3)cc2)OC1(C)C. The maximum Gasteiger partial charge on any atom is 0.494 e. The van der Waals surface area contributed by atoms with Gasteiger partial charge in [0.15, 0.2) is 0 Å². The second-order valence-electron chi connectivity index (χ2n) is 6.71. The van der Waals surface area contributed by atoms with Crippen molar-refractivity contribution in [2.24, 2.45) is 4.99 Å². The van der Waals surface area contributed by atoms with E-state index < -0.39 is 0 Å². The molecule has 0 N–H and O–H groups in total. The van der Waals surface area contributed by atoms with E-state index in [4.69, 9.17) is 9.31 Å². The molecule has 3 nitrogen and oxygen atoms in total. The van der Waals surface area contributed by atoms with Gasteiger partial charge in [-0.2, -0.15) is 0 Å². The summed E-state index contributed by atoms with van der Waals surface area (Å²) >= 11 is 0. The maximum absolute atomic E-state index is 6.07. The summed E-state index contributed by atoms with van der Waals surface area (Å²) in [5, 5.41) is 0. The van der Waals surface area contributed by atoms with Gasteiger partial charge < -0.3 is 9.31 Å². The predicted molar refractivity (Wildman–Crippen MR) is 87.1 cm³/mol. The molecule has 0 aromatic heterocycles. The second-order valence-corrected chi connectivity index (χ2v) is 6.71. The number of benzene rings is 1. The molecule has 1 fully saturated rings. The first-order valence-corrected chi connectivity index (χ1v) is 7.57. The van der Waals surface area contributed by atoms with Crippen LogP contribution in [0.4, 0.5) is 0 Å². The molecule has 4 heteroatoms. The van der Waals surface area contributed by atoms with Crippen molar-refractivity contribution in [3.63, 3.8) is 0 Å². The highest BCUT2D eigenvalue weighted by Gasteiger charge is 2.51. The molecule has 0 aliphatic carbocycles. The fourth-order valence-corrected chi connectivity index (χ4v) is 2.53. The first-order chi connectivity index (χ1) is 9.89. The smallest absolute Gasteiger partial charge is 0.399 e. The van der Waals surface area contributed by atoms with Crippen LogP contribution < -0.4 is 5.46 Å². The standard InChI is InChI=1S/C17H22BNO2/c1-16(2)17(3,4)21-18(20-16)14-10-8-13(9-11-14)15-7-5-6-12-19-15/h6,8-12H,5,7H2,1-4H3. The highest BCUT2D eigenvalue weighted by molar-refractivity contribution is 6.62. The highest BCUT2D eigenvalue weighted by atomic mass is 16.7. The number of nitrogens with zero attached hydrogens (tertiary/aromatic N) is 1. The van der Waals surface area contributed by atoms with Crippen LogP contribution >= 0.6 is 0 Å². The molecule has 21 heavy (non-hydrogen) atoms. The van der Waals surface area contributed by atoms with Gasteiger partial charge in [-0.3, -0.25) is 4.99 Å². The van der Waals surface area contributed by atoms with Gasteiger partial charge in [0.25, 0.3) is 0 Å². The first kappa shape index (κ1) is 14.5. The molecule has 3 rings (SSSR count). The van der Waals surface area contributed by atoms with E-state index in [1.807, 2.05) is 6.20 Å². The molecular weight excluding hydrogens is 261 g/mol. The van der Waals surface area contributed by atoms with E-state index in [2.05, 4.69) is 63.0 Å². The van der Waals surface area contributed by atoms with Gasteiger partial charge in [-0.25, -0.2) is 0 Å². The minimum absolute atomic E-state index is 0.294. The van der Waals surface area contributed by atoms with Gasteiger partial charge in [0.2, 0.25) is 0 Å². The Kier molecular flexibility index (Phi) is 3.54. The van der Waals surface area contributed by atoms with Gasteiger partial charge in [0, 0.05) is 11.9 Å². The van der Waals surface area contributed by atoms with E-state index in [-0.39, 0.29) is 18.3 Å². The molecule has 0 atom stereocenters. The third kappa shape index (κ3) is 2.70. The van der Waals surface area contributed by atoms with E-state index in [9.17, 15) is 0 Å². The van der Waals surface area contributed by atoms with Crippen LogP contribution in [0.1, 0.15) is 46.1 Å². The summed E-state index contributed by atoms with van der Waals surface area (Å²) in [6.45, 7) is 8.30. The summed E-state index contributed by atoms with van der Waals surface area (Å²) in [7, 11) is -0.294. The number of hydrogen-bond acceptors (Lipinski definition) is 3. The Hall–Kier alpha value is -1.39. The highest BCUT2D eigenvalue weighted by Crippen LogP contribution is 2.36. The number of aliphatic imine (C=N–C) groups is 1. The van der Waals surface area contributed by atoms with Crippen molar-refractivity contribution in [2.75, 3.05) is 0 Å². The Morgan fingerprint density at radius 1 is 1.00 bits per heavy atom. The average Bonchev–Trinajstić information content (AvgIpc) is 2.69. The zero-order chi connectivity index (χ0) is 15.1. The zero-order valence-electron chi connectivity index (χ0n) is 13.2. The largest absolute Gasteiger partial charge is 0.494 e. The molecule has 2 aliphatic heterocycles. The molecule has 2 heterocycles. The van der Waals surface area contributed by atoms with Crippen molar-refractivity contribution in [1.82, 2.24) is 0 Å². The molecule has 0 unspecified atom stereocenters. The molecule has 1 saturated heterocycles. The number of hydrogen-bond donors (Lipinski definition) is 0. The van der Waals surface area contributed by atoms with E-state index in [0.29, 0.717) is 0 Å². The van der Waals surface area contributed by atoms with E-state index >= 15 is 0 Å². The molecular formula is C17H22BNO2. The van der Waals surface area contributed by atoms with Gasteiger partial charge >= 0.3 is 7.12 Å². The van der Waals surface area contributed by atoms with Crippen molar-refractivity contribution < 1.29 is 9.31 Å². The van der Waals surface area contributed by atoms with Gasteiger partial charge in [0.05, 0.1) is 11.2 Å². The fourth-order valence-electron chi connectivity index (χ4n) is 2.53. The molecule has 1 aromatic carbocycles. The third-order valence-electron chi connectivity index (χ3n) is 4.65. The fraction of sp³-hybridized carbons (Fsp3) is 0.471. The lowest BCUT2D eigenvalue weighted by molar-refractivity contribution is 0.00578. The van der Waals surface area contributed by atoms with Crippen LogP contribution in [0.15, 0.2) is 41.5 Å². The Morgan fingerprint density at radius 2 is 1.62 bits per heavy atom. The summed E-state index contributed by atoms with van der Waals surface area (Å²) in [4.78, 5) is 4.45. The van der Waals surface area contributed by atoms with Crippen molar-refractivity contribution >= 4 is 18.3 Å². The average molecular weight is 283 g/mol. The minimum atomic E-state index is -0.297. The van der Waals surface area contributed by atoms with Crippen LogP contribution in [0.25, 0.3) is 0 Å². The minimum Gasteiger partial charge on any atom is -0.399 e. The molecule has 2 aliphatic rings. The van der Waals surface area contributed by atoms with Crippen LogP contribution in [0, 0.1) is 0 Å². The summed E-state index contributed by atoms with van der Waals surface area (Å²) in [6, 6.07) is 8.38. The van der Waals surface area contributed by atoms with Gasteiger partial charge in [-0.1, -0.05) is 30.3 Å². The number of rotatable bonds is 2. The van der Waals surface area contributed by atoms with Crippen molar-refractivity contribution in [3.05, 3.63) is 42.1 Å². The Bertz CT molecular complexity index is 571. The monoisotopic (exact) mass is 283 g/mol. The zero-order valence-corrected chi connectivity index (χ0v) is 13.2. The Labute approximate surface area is 127 Å². The van der Waals surface area contributed by atoms with E-state index in [1.165, 1.54) is 5.56 Å². The maximum atomic E-state index is 6.07. The van der Waals surface area contributed by atoms with E-state index in [0.717, 1.165) is 24.0 Å². The second kappa shape index (κ2) is 5.11. The lowest BCUT2D eigenvalue weighted by Gasteiger charge is -2.32. The first-order valence-electron chi connectivity index (χ1n) is 7.57. The number of allylic oxidation sites excluding steroid dienone is 1. The van der Waals surface area contributed by atoms with Crippen LogP contribution in [0.3, 0.4) is 0 Å². The Balaban J connectivity index is 1.79. The predicted octanol–water partition coefficient (Wildman–Crippen LogP) is 3.08. The lowest BCUT2D eigenvalue weighted by Crippen LogP contribution is -2.41. The normalized spacial score (nSPS) is 23.2. The summed E-state index contributed by atoms with van der Waals surface area (Å²) < 4.78 is 12.1.